The smallest absolute Gasteiger partial charge is 0.144 e. The largest absolute Gasteiger partial charge is 0.338 e. The molecule has 0 unspecified atom stereocenters. The Bertz CT molecular complexity index is 1130. The van der Waals surface area contributed by atoms with E-state index in [4.69, 9.17) is 23.2 Å². The number of hydrogen-bond donors (Lipinski definition) is 1. The van der Waals surface area contributed by atoms with Gasteiger partial charge in [0, 0.05) is 16.5 Å². The number of imidazole rings is 1. The zero-order valence-electron chi connectivity index (χ0n) is 14.3. The maximum atomic E-state index is 14.1. The molecule has 0 aliphatic carbocycles. The van der Waals surface area contributed by atoms with Crippen molar-refractivity contribution in [2.75, 3.05) is 0 Å². The zero-order valence-corrected chi connectivity index (χ0v) is 15.8. The standard InChI is InChI=1S/C21H14Cl2F2N2/c1-11-12(10-13-14(22)4-2-5-15(13)23)8-9-18-20(11)27-21(26-18)19-16(24)6-3-7-17(19)25/h2-9H,10H2,1H3,(H,26,27). The van der Waals surface area contributed by atoms with Crippen molar-refractivity contribution in [1.29, 1.82) is 0 Å². The number of hydrogen-bond acceptors (Lipinski definition) is 1. The maximum absolute atomic E-state index is 14.1. The molecule has 0 radical (unpaired) electrons. The van der Waals surface area contributed by atoms with Crippen LogP contribution in [-0.4, -0.2) is 9.97 Å². The highest BCUT2D eigenvalue weighted by atomic mass is 35.5. The number of nitrogens with zero attached hydrogens (tertiary/aromatic N) is 1. The van der Waals surface area contributed by atoms with Crippen molar-refractivity contribution < 1.29 is 8.78 Å². The lowest BCUT2D eigenvalue weighted by Gasteiger charge is -2.10. The average molecular weight is 403 g/mol. The van der Waals surface area contributed by atoms with E-state index in [0.717, 1.165) is 16.7 Å². The van der Waals surface area contributed by atoms with Gasteiger partial charge in [0.1, 0.15) is 17.5 Å². The number of rotatable bonds is 3. The maximum Gasteiger partial charge on any atom is 0.144 e. The number of aryl methyl sites for hydroxylation is 1. The molecular weight excluding hydrogens is 389 g/mol. The molecule has 1 aromatic heterocycles. The third-order valence-corrected chi connectivity index (χ3v) is 5.36. The van der Waals surface area contributed by atoms with Crippen LogP contribution in [-0.2, 0) is 6.42 Å². The first-order chi connectivity index (χ1) is 13.0. The molecule has 2 nitrogen and oxygen atoms in total. The van der Waals surface area contributed by atoms with Crippen LogP contribution in [0, 0.1) is 18.6 Å². The van der Waals surface area contributed by atoms with Crippen LogP contribution < -0.4 is 0 Å². The summed E-state index contributed by atoms with van der Waals surface area (Å²) in [5.74, 6) is -1.15. The molecule has 4 aromatic rings. The van der Waals surface area contributed by atoms with Gasteiger partial charge >= 0.3 is 0 Å². The summed E-state index contributed by atoms with van der Waals surface area (Å²) in [5, 5.41) is 1.19. The van der Waals surface area contributed by atoms with Crippen LogP contribution in [0.15, 0.2) is 48.5 Å². The SMILES string of the molecule is Cc1c(Cc2c(Cl)cccc2Cl)ccc2[nH]c(-c3c(F)cccc3F)nc12. The van der Waals surface area contributed by atoms with Gasteiger partial charge in [-0.1, -0.05) is 41.4 Å². The second kappa shape index (κ2) is 6.95. The van der Waals surface area contributed by atoms with Gasteiger partial charge in [0.05, 0.1) is 16.6 Å². The normalized spacial score (nSPS) is 11.3. The molecule has 0 aliphatic heterocycles. The Morgan fingerprint density at radius 1 is 0.926 bits per heavy atom. The van der Waals surface area contributed by atoms with E-state index in [2.05, 4.69) is 9.97 Å². The molecule has 0 bridgehead atoms. The summed E-state index contributed by atoms with van der Waals surface area (Å²) in [6.07, 6.45) is 0.538. The number of aromatic nitrogens is 2. The van der Waals surface area contributed by atoms with Gasteiger partial charge < -0.3 is 4.98 Å². The van der Waals surface area contributed by atoms with Crippen molar-refractivity contribution in [1.82, 2.24) is 9.97 Å². The van der Waals surface area contributed by atoms with Crippen molar-refractivity contribution in [2.45, 2.75) is 13.3 Å². The Kier molecular flexibility index (Phi) is 4.62. The molecule has 0 fully saturated rings. The summed E-state index contributed by atoms with van der Waals surface area (Å²) in [5.41, 5.74) is 3.93. The fraction of sp³-hybridized carbons (Fsp3) is 0.0952. The number of halogens is 4. The predicted molar refractivity (Wildman–Crippen MR) is 105 cm³/mol. The number of benzene rings is 3. The van der Waals surface area contributed by atoms with E-state index in [1.165, 1.54) is 18.2 Å². The highest BCUT2D eigenvalue weighted by molar-refractivity contribution is 6.36. The highest BCUT2D eigenvalue weighted by Crippen LogP contribution is 2.31. The molecule has 0 atom stereocenters. The van der Waals surface area contributed by atoms with Crippen LogP contribution in [0.25, 0.3) is 22.4 Å². The predicted octanol–water partition coefficient (Wildman–Crippen LogP) is 6.71. The Morgan fingerprint density at radius 3 is 2.22 bits per heavy atom. The highest BCUT2D eigenvalue weighted by Gasteiger charge is 2.17. The van der Waals surface area contributed by atoms with Gasteiger partial charge in [0.25, 0.3) is 0 Å². The van der Waals surface area contributed by atoms with Crippen molar-refractivity contribution in [2.24, 2.45) is 0 Å². The first-order valence-electron chi connectivity index (χ1n) is 8.31. The van der Waals surface area contributed by atoms with Crippen LogP contribution in [0.2, 0.25) is 10.0 Å². The van der Waals surface area contributed by atoms with E-state index in [1.54, 1.807) is 18.2 Å². The lowest BCUT2D eigenvalue weighted by Crippen LogP contribution is -1.95. The number of H-pyrrole nitrogens is 1. The van der Waals surface area contributed by atoms with Crippen molar-refractivity contribution in [3.05, 3.63) is 86.9 Å². The van der Waals surface area contributed by atoms with Gasteiger partial charge in [0.15, 0.2) is 0 Å². The molecule has 1 heterocycles. The molecule has 4 rings (SSSR count). The van der Waals surface area contributed by atoms with E-state index >= 15 is 0 Å². The fourth-order valence-electron chi connectivity index (χ4n) is 3.18. The molecule has 0 saturated heterocycles. The van der Waals surface area contributed by atoms with Gasteiger partial charge in [-0.25, -0.2) is 13.8 Å². The molecule has 6 heteroatoms. The molecule has 1 N–H and O–H groups in total. The number of aromatic amines is 1. The Morgan fingerprint density at radius 2 is 1.56 bits per heavy atom. The summed E-state index contributed by atoms with van der Waals surface area (Å²) in [6, 6.07) is 12.9. The van der Waals surface area contributed by atoms with E-state index in [1.807, 2.05) is 19.1 Å². The van der Waals surface area contributed by atoms with Gasteiger partial charge in [-0.15, -0.1) is 0 Å². The third-order valence-electron chi connectivity index (χ3n) is 4.65. The first-order valence-corrected chi connectivity index (χ1v) is 9.06. The van der Waals surface area contributed by atoms with Crippen LogP contribution in [0.4, 0.5) is 8.78 Å². The molecule has 3 aromatic carbocycles. The second-order valence-electron chi connectivity index (χ2n) is 6.30. The fourth-order valence-corrected chi connectivity index (χ4v) is 3.71. The van der Waals surface area contributed by atoms with Crippen LogP contribution in [0.1, 0.15) is 16.7 Å². The van der Waals surface area contributed by atoms with Gasteiger partial charge in [-0.3, -0.25) is 0 Å². The second-order valence-corrected chi connectivity index (χ2v) is 7.12. The molecule has 0 aliphatic rings. The van der Waals surface area contributed by atoms with E-state index in [-0.39, 0.29) is 11.4 Å². The van der Waals surface area contributed by atoms with E-state index in [0.29, 0.717) is 27.5 Å². The van der Waals surface area contributed by atoms with Crippen LogP contribution in [0.5, 0.6) is 0 Å². The summed E-state index contributed by atoms with van der Waals surface area (Å²) in [6.45, 7) is 1.92. The number of fused-ring (bicyclic) bond motifs is 1. The molecule has 27 heavy (non-hydrogen) atoms. The number of nitrogens with one attached hydrogen (secondary N) is 1. The Labute approximate surface area is 164 Å². The van der Waals surface area contributed by atoms with Crippen LogP contribution >= 0.6 is 23.2 Å². The van der Waals surface area contributed by atoms with Gasteiger partial charge in [0.2, 0.25) is 0 Å². The lowest BCUT2D eigenvalue weighted by molar-refractivity contribution is 0.588. The quantitative estimate of drug-likeness (QED) is 0.405. The zero-order chi connectivity index (χ0) is 19.1. The van der Waals surface area contributed by atoms with E-state index in [9.17, 15) is 8.78 Å². The van der Waals surface area contributed by atoms with Gasteiger partial charge in [-0.05, 0) is 53.9 Å². The minimum Gasteiger partial charge on any atom is -0.338 e. The lowest BCUT2D eigenvalue weighted by atomic mass is 9.99. The minimum absolute atomic E-state index is 0.163. The summed E-state index contributed by atoms with van der Waals surface area (Å²) in [4.78, 5) is 7.45. The van der Waals surface area contributed by atoms with Gasteiger partial charge in [-0.2, -0.15) is 0 Å². The molecule has 0 saturated carbocycles. The van der Waals surface area contributed by atoms with E-state index < -0.39 is 11.6 Å². The third kappa shape index (κ3) is 3.20. The first kappa shape index (κ1) is 18.0. The van der Waals surface area contributed by atoms with Crippen molar-refractivity contribution in [3.8, 4) is 11.4 Å². The monoisotopic (exact) mass is 402 g/mol. The topological polar surface area (TPSA) is 28.7 Å². The summed E-state index contributed by atoms with van der Waals surface area (Å²) >= 11 is 12.6. The molecule has 0 spiro atoms. The minimum atomic E-state index is -0.658. The van der Waals surface area contributed by atoms with Crippen molar-refractivity contribution >= 4 is 34.2 Å². The average Bonchev–Trinajstić information content (AvgIpc) is 3.04. The molecule has 136 valence electrons. The Balaban J connectivity index is 1.81. The Hall–Kier alpha value is -2.43. The van der Waals surface area contributed by atoms with Crippen LogP contribution in [0.3, 0.4) is 0 Å². The summed E-state index contributed by atoms with van der Waals surface area (Å²) in [7, 11) is 0. The van der Waals surface area contributed by atoms with Crippen molar-refractivity contribution in [3.63, 3.8) is 0 Å². The summed E-state index contributed by atoms with van der Waals surface area (Å²) < 4.78 is 28.2. The molecule has 0 amide bonds. The molecular formula is C21H14Cl2F2N2.